The van der Waals surface area contributed by atoms with Crippen LogP contribution in [0.2, 0.25) is 5.02 Å². The molecule has 0 atom stereocenters. The largest absolute Gasteiger partial charge is 0.495 e. The molecule has 33 heavy (non-hydrogen) atoms. The molecular weight excluding hydrogens is 468 g/mol. The first kappa shape index (κ1) is 23.1. The summed E-state index contributed by atoms with van der Waals surface area (Å²) < 4.78 is 11.7. The number of carbonyl (C=O) groups excluding carboxylic acids is 2. The summed E-state index contributed by atoms with van der Waals surface area (Å²) in [6.45, 7) is -0.513. The van der Waals surface area contributed by atoms with Crippen molar-refractivity contribution in [3.05, 3.63) is 44.3 Å². The highest BCUT2D eigenvalue weighted by molar-refractivity contribution is 7.18. The van der Waals surface area contributed by atoms with E-state index in [2.05, 4.69) is 15.6 Å². The smallest absolute Gasteiger partial charge is 0.262 e. The molecule has 2 amide bonds. The van der Waals surface area contributed by atoms with Gasteiger partial charge in [0.05, 0.1) is 43.2 Å². The van der Waals surface area contributed by atoms with E-state index in [4.69, 9.17) is 21.1 Å². The summed E-state index contributed by atoms with van der Waals surface area (Å²) in [5.41, 5.74) is 1.19. The SMILES string of the molecule is COc1cc(OC)c(NC(=O)CNC(=O)Cn2cnc3sc4c(c3c2=O)CCCC4)cc1Cl. The van der Waals surface area contributed by atoms with Crippen LogP contribution in [0.1, 0.15) is 23.3 Å². The van der Waals surface area contributed by atoms with Crippen molar-refractivity contribution < 1.29 is 19.1 Å². The Hall–Kier alpha value is -3.11. The number of anilines is 1. The summed E-state index contributed by atoms with van der Waals surface area (Å²) in [6.07, 6.45) is 5.38. The maximum absolute atomic E-state index is 13.0. The summed E-state index contributed by atoms with van der Waals surface area (Å²) in [4.78, 5) is 44.0. The zero-order valence-corrected chi connectivity index (χ0v) is 19.8. The molecule has 4 rings (SSSR count). The lowest BCUT2D eigenvalue weighted by Crippen LogP contribution is -2.37. The first-order chi connectivity index (χ1) is 15.9. The number of nitrogens with zero attached hydrogens (tertiary/aromatic N) is 2. The normalized spacial score (nSPS) is 12.8. The molecule has 0 bridgehead atoms. The number of amides is 2. The van der Waals surface area contributed by atoms with Crippen LogP contribution in [0.15, 0.2) is 23.3 Å². The van der Waals surface area contributed by atoms with Crippen molar-refractivity contribution in [2.45, 2.75) is 32.2 Å². The number of ether oxygens (including phenoxy) is 2. The van der Waals surface area contributed by atoms with Crippen molar-refractivity contribution in [3.63, 3.8) is 0 Å². The van der Waals surface area contributed by atoms with Gasteiger partial charge >= 0.3 is 0 Å². The molecule has 1 aliphatic rings. The molecule has 1 aromatic carbocycles. The Morgan fingerprint density at radius 1 is 1.15 bits per heavy atom. The minimum absolute atomic E-state index is 0.225. The quantitative estimate of drug-likeness (QED) is 0.526. The van der Waals surface area contributed by atoms with E-state index < -0.39 is 11.8 Å². The summed E-state index contributed by atoms with van der Waals surface area (Å²) in [7, 11) is 2.92. The number of aromatic nitrogens is 2. The average molecular weight is 491 g/mol. The average Bonchev–Trinajstić information content (AvgIpc) is 3.19. The second-order valence-corrected chi connectivity index (χ2v) is 9.07. The van der Waals surface area contributed by atoms with Gasteiger partial charge < -0.3 is 20.1 Å². The highest BCUT2D eigenvalue weighted by Crippen LogP contribution is 2.36. The van der Waals surface area contributed by atoms with Crippen LogP contribution in [-0.2, 0) is 29.0 Å². The molecule has 0 fully saturated rings. The molecule has 174 valence electrons. The topological polar surface area (TPSA) is 112 Å². The number of halogens is 1. The minimum atomic E-state index is -0.476. The maximum Gasteiger partial charge on any atom is 0.262 e. The van der Waals surface area contributed by atoms with Crippen molar-refractivity contribution in [2.24, 2.45) is 0 Å². The van der Waals surface area contributed by atoms with E-state index in [1.807, 2.05) is 0 Å². The Morgan fingerprint density at radius 2 is 1.91 bits per heavy atom. The maximum atomic E-state index is 13.0. The zero-order valence-electron chi connectivity index (χ0n) is 18.2. The van der Waals surface area contributed by atoms with Crippen molar-refractivity contribution >= 4 is 50.7 Å². The lowest BCUT2D eigenvalue weighted by Gasteiger charge is -2.13. The van der Waals surface area contributed by atoms with Crippen LogP contribution in [-0.4, -0.2) is 42.1 Å². The number of methoxy groups -OCH3 is 2. The second-order valence-electron chi connectivity index (χ2n) is 7.58. The van der Waals surface area contributed by atoms with Crippen LogP contribution in [0.3, 0.4) is 0 Å². The molecule has 1 aliphatic carbocycles. The van der Waals surface area contributed by atoms with Gasteiger partial charge in [0.2, 0.25) is 11.8 Å². The first-order valence-corrected chi connectivity index (χ1v) is 11.6. The lowest BCUT2D eigenvalue weighted by molar-refractivity contribution is -0.124. The molecule has 0 saturated heterocycles. The van der Waals surface area contributed by atoms with Crippen LogP contribution >= 0.6 is 22.9 Å². The highest BCUT2D eigenvalue weighted by atomic mass is 35.5. The van der Waals surface area contributed by atoms with Gasteiger partial charge in [0.1, 0.15) is 22.9 Å². The summed E-state index contributed by atoms with van der Waals surface area (Å²) in [5, 5.41) is 6.08. The minimum Gasteiger partial charge on any atom is -0.495 e. The molecule has 0 saturated carbocycles. The third-order valence-corrected chi connectivity index (χ3v) is 6.95. The van der Waals surface area contributed by atoms with Crippen LogP contribution < -0.4 is 25.7 Å². The molecule has 0 aliphatic heterocycles. The number of nitrogens with one attached hydrogen (secondary N) is 2. The van der Waals surface area contributed by atoms with Gasteiger partial charge in [0, 0.05) is 10.9 Å². The Morgan fingerprint density at radius 3 is 2.67 bits per heavy atom. The number of carbonyl (C=O) groups is 2. The van der Waals surface area contributed by atoms with Gasteiger partial charge in [-0.05, 0) is 37.3 Å². The van der Waals surface area contributed by atoms with Crippen molar-refractivity contribution in [2.75, 3.05) is 26.1 Å². The van der Waals surface area contributed by atoms with Gasteiger partial charge in [0.25, 0.3) is 5.56 Å². The lowest BCUT2D eigenvalue weighted by atomic mass is 9.97. The molecule has 0 radical (unpaired) electrons. The molecule has 3 aromatic rings. The molecule has 2 aromatic heterocycles. The Bertz CT molecular complexity index is 1290. The number of aryl methyl sites for hydroxylation is 2. The van der Waals surface area contributed by atoms with E-state index >= 15 is 0 Å². The van der Waals surface area contributed by atoms with Crippen molar-refractivity contribution in [1.82, 2.24) is 14.9 Å². The van der Waals surface area contributed by atoms with E-state index in [0.29, 0.717) is 27.6 Å². The Balaban J connectivity index is 1.40. The van der Waals surface area contributed by atoms with Gasteiger partial charge in [-0.1, -0.05) is 11.6 Å². The molecule has 2 heterocycles. The third kappa shape index (κ3) is 4.81. The fourth-order valence-electron chi connectivity index (χ4n) is 3.84. The molecule has 9 nitrogen and oxygen atoms in total. The third-order valence-electron chi connectivity index (χ3n) is 5.45. The van der Waals surface area contributed by atoms with Gasteiger partial charge in [-0.25, -0.2) is 4.98 Å². The summed E-state index contributed by atoms with van der Waals surface area (Å²) in [5.74, 6) is -0.184. The first-order valence-electron chi connectivity index (χ1n) is 10.4. The van der Waals surface area contributed by atoms with Gasteiger partial charge in [0.15, 0.2) is 0 Å². The van der Waals surface area contributed by atoms with Crippen molar-refractivity contribution in [3.8, 4) is 11.5 Å². The van der Waals surface area contributed by atoms with E-state index in [-0.39, 0.29) is 18.6 Å². The van der Waals surface area contributed by atoms with E-state index in [0.717, 1.165) is 36.1 Å². The van der Waals surface area contributed by atoms with Gasteiger partial charge in [-0.2, -0.15) is 0 Å². The molecular formula is C22H23ClN4O5S. The number of benzene rings is 1. The second kappa shape index (κ2) is 9.80. The number of hydrogen-bond acceptors (Lipinski definition) is 7. The Labute approximate surface area is 198 Å². The summed E-state index contributed by atoms with van der Waals surface area (Å²) in [6, 6.07) is 3.05. The molecule has 2 N–H and O–H groups in total. The predicted molar refractivity (Wildman–Crippen MR) is 127 cm³/mol. The van der Waals surface area contributed by atoms with Crippen LogP contribution in [0.5, 0.6) is 11.5 Å². The van der Waals surface area contributed by atoms with Crippen LogP contribution in [0.25, 0.3) is 10.2 Å². The molecule has 11 heteroatoms. The Kier molecular flexibility index (Phi) is 6.85. The van der Waals surface area contributed by atoms with E-state index in [9.17, 15) is 14.4 Å². The predicted octanol–water partition coefficient (Wildman–Crippen LogP) is 2.76. The van der Waals surface area contributed by atoms with Crippen molar-refractivity contribution in [1.29, 1.82) is 0 Å². The van der Waals surface area contributed by atoms with E-state index in [1.165, 1.54) is 36.1 Å². The molecule has 0 spiro atoms. The fraction of sp³-hybridized carbons (Fsp3) is 0.364. The number of hydrogen-bond donors (Lipinski definition) is 2. The standard InChI is InChI=1S/C22H23ClN4O5S/c1-31-15-8-16(32-2)14(7-13(15)23)26-18(28)9-24-19(29)10-27-11-25-21-20(22(27)30)12-5-3-4-6-17(12)33-21/h7-8,11H,3-6,9-10H2,1-2H3,(H,24,29)(H,26,28). The van der Waals surface area contributed by atoms with Crippen LogP contribution in [0.4, 0.5) is 5.69 Å². The summed E-state index contributed by atoms with van der Waals surface area (Å²) >= 11 is 7.67. The van der Waals surface area contributed by atoms with Gasteiger partial charge in [-0.3, -0.25) is 19.0 Å². The van der Waals surface area contributed by atoms with E-state index in [1.54, 1.807) is 17.4 Å². The molecule has 0 unspecified atom stereocenters. The fourth-order valence-corrected chi connectivity index (χ4v) is 5.30. The number of rotatable bonds is 7. The van der Waals surface area contributed by atoms with Gasteiger partial charge in [-0.15, -0.1) is 11.3 Å². The number of thiophene rings is 1. The monoisotopic (exact) mass is 490 g/mol. The highest BCUT2D eigenvalue weighted by Gasteiger charge is 2.20. The zero-order chi connectivity index (χ0) is 23.5. The van der Waals surface area contributed by atoms with Crippen LogP contribution in [0, 0.1) is 0 Å². The number of fused-ring (bicyclic) bond motifs is 3.